The first-order valence-corrected chi connectivity index (χ1v) is 12.6. The molecule has 5 atom stereocenters. The average Bonchev–Trinajstić information content (AvgIpc) is 3.44. The number of para-hydroxylation sites is 1. The van der Waals surface area contributed by atoms with E-state index >= 15 is 0 Å². The van der Waals surface area contributed by atoms with Gasteiger partial charge in [0.1, 0.15) is 0 Å². The van der Waals surface area contributed by atoms with Crippen molar-refractivity contribution in [3.63, 3.8) is 0 Å². The van der Waals surface area contributed by atoms with E-state index in [4.69, 9.17) is 4.74 Å². The van der Waals surface area contributed by atoms with Crippen molar-refractivity contribution in [2.24, 2.45) is 17.8 Å². The number of hydrogen-bond acceptors (Lipinski definition) is 5. The summed E-state index contributed by atoms with van der Waals surface area (Å²) in [6, 6.07) is 13.4. The van der Waals surface area contributed by atoms with Gasteiger partial charge in [-0.15, -0.1) is 0 Å². The first kappa shape index (κ1) is 24.5. The summed E-state index contributed by atoms with van der Waals surface area (Å²) in [5.74, 6) is -1.39. The van der Waals surface area contributed by atoms with Crippen LogP contribution in [0.15, 0.2) is 53.4 Å². The molecule has 0 radical (unpaired) electrons. The second-order valence-electron chi connectivity index (χ2n) is 9.26. The van der Waals surface area contributed by atoms with Gasteiger partial charge < -0.3 is 15.4 Å². The molecule has 2 saturated carbocycles. The van der Waals surface area contributed by atoms with Crippen LogP contribution in [0, 0.1) is 17.8 Å². The predicted octanol–water partition coefficient (Wildman–Crippen LogP) is 6.23. The monoisotopic (exact) mass is 488 g/mol. The highest BCUT2D eigenvalue weighted by Crippen LogP contribution is 2.49. The van der Waals surface area contributed by atoms with Crippen molar-refractivity contribution in [3.8, 4) is 0 Å². The smallest absolute Gasteiger partial charge is 0.341 e. The normalized spacial score (nSPS) is 22.9. The summed E-state index contributed by atoms with van der Waals surface area (Å²) in [4.78, 5) is 26.0. The van der Waals surface area contributed by atoms with Gasteiger partial charge in [-0.1, -0.05) is 30.3 Å². The Kier molecular flexibility index (Phi) is 7.76. The third-order valence-corrected chi connectivity index (χ3v) is 7.69. The molecule has 2 aliphatic carbocycles. The zero-order valence-electron chi connectivity index (χ0n) is 19.3. The van der Waals surface area contributed by atoms with Crippen molar-refractivity contribution in [3.05, 3.63) is 54.1 Å². The average molecular weight is 489 g/mol. The van der Waals surface area contributed by atoms with Gasteiger partial charge in [0.15, 0.2) is 6.10 Å². The van der Waals surface area contributed by atoms with E-state index in [0.717, 1.165) is 5.92 Å². The fourth-order valence-corrected chi connectivity index (χ4v) is 5.78. The topological polar surface area (TPSA) is 67.4 Å². The molecule has 1 amide bonds. The highest BCUT2D eigenvalue weighted by molar-refractivity contribution is 7.99. The number of amides is 1. The van der Waals surface area contributed by atoms with Crippen LogP contribution in [0.5, 0.6) is 0 Å². The third-order valence-electron chi connectivity index (χ3n) is 6.96. The molecule has 2 bridgehead atoms. The van der Waals surface area contributed by atoms with Crippen LogP contribution in [0.3, 0.4) is 0 Å². The number of carbonyl (C=O) groups excluding carboxylic acids is 2. The van der Waals surface area contributed by atoms with E-state index in [1.165, 1.54) is 25.7 Å². The van der Waals surface area contributed by atoms with Gasteiger partial charge in [0.05, 0.1) is 11.3 Å². The van der Waals surface area contributed by atoms with Crippen molar-refractivity contribution >= 4 is 35.0 Å². The number of rotatable bonds is 9. The van der Waals surface area contributed by atoms with Crippen LogP contribution < -0.4 is 10.6 Å². The van der Waals surface area contributed by atoms with Gasteiger partial charge in [-0.3, -0.25) is 4.79 Å². The minimum absolute atomic E-state index is 0.0594. The van der Waals surface area contributed by atoms with Crippen LogP contribution in [0.2, 0.25) is 0 Å². The number of fused-ring (bicyclic) bond motifs is 2. The number of ether oxygens (including phenoxy) is 1. The van der Waals surface area contributed by atoms with Crippen molar-refractivity contribution in [1.82, 2.24) is 5.32 Å². The van der Waals surface area contributed by atoms with Crippen LogP contribution >= 0.6 is 11.8 Å². The number of anilines is 2. The van der Waals surface area contributed by atoms with E-state index < -0.39 is 17.8 Å². The molecular weight excluding hydrogens is 458 g/mol. The molecule has 0 heterocycles. The Balaban J connectivity index is 1.35. The Bertz CT molecular complexity index is 1020. The first-order chi connectivity index (χ1) is 16.3. The maximum absolute atomic E-state index is 12.9. The molecule has 4 rings (SSSR count). The van der Waals surface area contributed by atoms with Gasteiger partial charge in [-0.05, 0) is 87.3 Å². The molecule has 5 unspecified atom stereocenters. The van der Waals surface area contributed by atoms with E-state index in [2.05, 4.69) is 10.6 Å². The van der Waals surface area contributed by atoms with Gasteiger partial charge in [0.25, 0.3) is 11.7 Å². The summed E-state index contributed by atoms with van der Waals surface area (Å²) < 4.78 is 30.5. The van der Waals surface area contributed by atoms with Crippen LogP contribution in [-0.4, -0.2) is 29.8 Å². The molecule has 34 heavy (non-hydrogen) atoms. The molecule has 0 spiro atoms. The minimum atomic E-state index is -2.48. The lowest BCUT2D eigenvalue weighted by Gasteiger charge is -2.29. The predicted molar refractivity (Wildman–Crippen MR) is 129 cm³/mol. The molecule has 5 nitrogen and oxygen atoms in total. The number of esters is 1. The van der Waals surface area contributed by atoms with Gasteiger partial charge in [0.2, 0.25) is 0 Å². The largest absolute Gasteiger partial charge is 0.449 e. The van der Waals surface area contributed by atoms with Crippen LogP contribution in [0.25, 0.3) is 0 Å². The van der Waals surface area contributed by atoms with E-state index in [1.807, 2.05) is 6.92 Å². The van der Waals surface area contributed by atoms with Crippen molar-refractivity contribution in [2.75, 3.05) is 5.32 Å². The minimum Gasteiger partial charge on any atom is -0.449 e. The molecule has 0 aliphatic heterocycles. The van der Waals surface area contributed by atoms with Crippen LogP contribution in [0.4, 0.5) is 20.2 Å². The maximum atomic E-state index is 12.9. The highest BCUT2D eigenvalue weighted by atomic mass is 32.2. The zero-order valence-corrected chi connectivity index (χ0v) is 20.1. The van der Waals surface area contributed by atoms with Gasteiger partial charge in [-0.25, -0.2) is 4.79 Å². The summed E-state index contributed by atoms with van der Waals surface area (Å²) in [7, 11) is 0. The van der Waals surface area contributed by atoms with Crippen molar-refractivity contribution < 1.29 is 23.1 Å². The summed E-state index contributed by atoms with van der Waals surface area (Å²) in [6.07, 6.45) is 4.07. The van der Waals surface area contributed by atoms with Crippen molar-refractivity contribution in [1.29, 1.82) is 0 Å². The Morgan fingerprint density at radius 1 is 1.03 bits per heavy atom. The Morgan fingerprint density at radius 2 is 1.76 bits per heavy atom. The quantitative estimate of drug-likeness (QED) is 0.323. The summed E-state index contributed by atoms with van der Waals surface area (Å²) in [5.41, 5.74) is 1.43. The Hall–Kier alpha value is -2.61. The number of carbonyl (C=O) groups is 2. The number of nitrogens with one attached hydrogen (secondary N) is 2. The summed E-state index contributed by atoms with van der Waals surface area (Å²) in [5, 5.41) is 6.17. The molecule has 0 aromatic heterocycles. The summed E-state index contributed by atoms with van der Waals surface area (Å²) >= 11 is 0.473. The number of benzene rings is 2. The van der Waals surface area contributed by atoms with E-state index in [9.17, 15) is 18.4 Å². The molecule has 182 valence electrons. The Labute approximate surface area is 203 Å². The lowest BCUT2D eigenvalue weighted by Crippen LogP contribution is -2.45. The fourth-order valence-electron chi connectivity index (χ4n) is 5.28. The van der Waals surface area contributed by atoms with Crippen molar-refractivity contribution in [2.45, 2.75) is 62.3 Å². The van der Waals surface area contributed by atoms with E-state index in [1.54, 1.807) is 55.5 Å². The molecule has 8 heteroatoms. The third kappa shape index (κ3) is 5.90. The molecule has 2 aromatic rings. The number of hydrogen-bond donors (Lipinski definition) is 2. The first-order valence-electron chi connectivity index (χ1n) is 11.7. The molecule has 2 fully saturated rings. The molecule has 2 aliphatic rings. The van der Waals surface area contributed by atoms with E-state index in [-0.39, 0.29) is 17.5 Å². The Morgan fingerprint density at radius 3 is 2.41 bits per heavy atom. The highest BCUT2D eigenvalue weighted by Gasteiger charge is 2.42. The number of thioether (sulfide) groups is 1. The number of halogens is 2. The van der Waals surface area contributed by atoms with Crippen LogP contribution in [-0.2, 0) is 9.53 Å². The lowest BCUT2D eigenvalue weighted by molar-refractivity contribution is -0.130. The zero-order chi connectivity index (χ0) is 24.2. The van der Waals surface area contributed by atoms with E-state index in [0.29, 0.717) is 39.9 Å². The molecule has 2 N–H and O–H groups in total. The van der Waals surface area contributed by atoms with Gasteiger partial charge >= 0.3 is 5.97 Å². The molecule has 0 saturated heterocycles. The van der Waals surface area contributed by atoms with Crippen LogP contribution in [0.1, 0.15) is 49.9 Å². The van der Waals surface area contributed by atoms with Gasteiger partial charge in [-0.2, -0.15) is 8.78 Å². The summed E-state index contributed by atoms with van der Waals surface area (Å²) in [6.45, 7) is 3.62. The van der Waals surface area contributed by atoms with Gasteiger partial charge in [0, 0.05) is 16.6 Å². The number of alkyl halides is 2. The standard InChI is InChI=1S/C26H30F2N2O3S/c1-15(22-14-17-7-8-18(22)13-17)29-24(31)16(2)33-25(32)21-5-3-4-6-23(21)30-19-9-11-20(12-10-19)34-26(27)28/h3-6,9-12,15-18,22,26,30H,7-8,13-14H2,1-2H3,(H,29,31). The SMILES string of the molecule is CC(OC(=O)c1ccccc1Nc1ccc(SC(F)F)cc1)C(=O)NC(C)C1CC2CCC1C2. The molecular formula is C26H30F2N2O3S. The lowest BCUT2D eigenvalue weighted by atomic mass is 9.84. The fraction of sp³-hybridized carbons (Fsp3) is 0.462. The maximum Gasteiger partial charge on any atom is 0.341 e. The molecule has 2 aromatic carbocycles. The second-order valence-corrected chi connectivity index (χ2v) is 10.3. The second kappa shape index (κ2) is 10.8.